The van der Waals surface area contributed by atoms with Crippen LogP contribution in [-0.4, -0.2) is 40.9 Å². The van der Waals surface area contributed by atoms with Gasteiger partial charge in [-0.1, -0.05) is 0 Å². The van der Waals surface area contributed by atoms with Crippen molar-refractivity contribution >= 4 is 16.9 Å². The molecule has 0 saturated carbocycles. The molecule has 2 heterocycles. The van der Waals surface area contributed by atoms with Crippen molar-refractivity contribution in [2.75, 3.05) is 20.1 Å². The molecule has 1 fully saturated rings. The van der Waals surface area contributed by atoms with E-state index in [1.165, 1.54) is 11.1 Å². The van der Waals surface area contributed by atoms with E-state index in [4.69, 9.17) is 0 Å². The molecule has 1 amide bonds. The fourth-order valence-corrected chi connectivity index (χ4v) is 3.00. The van der Waals surface area contributed by atoms with Gasteiger partial charge in [-0.25, -0.2) is 4.98 Å². The Balaban J connectivity index is 1.67. The maximum absolute atomic E-state index is 12.3. The lowest BCUT2D eigenvalue weighted by atomic mass is 10.0. The smallest absolute Gasteiger partial charge is 0.223 e. The first-order chi connectivity index (χ1) is 10.5. The second kappa shape index (κ2) is 6.08. The van der Waals surface area contributed by atoms with Crippen LogP contribution in [0.3, 0.4) is 0 Å². The van der Waals surface area contributed by atoms with Crippen molar-refractivity contribution < 1.29 is 4.79 Å². The van der Waals surface area contributed by atoms with Crippen LogP contribution in [0.15, 0.2) is 12.1 Å². The van der Waals surface area contributed by atoms with Gasteiger partial charge in [-0.05, 0) is 62.5 Å². The molecule has 0 spiro atoms. The highest BCUT2D eigenvalue weighted by Gasteiger charge is 2.20. The third-order valence-electron chi connectivity index (χ3n) is 4.58. The van der Waals surface area contributed by atoms with Crippen molar-refractivity contribution in [1.29, 1.82) is 0 Å². The number of rotatable bonds is 4. The van der Waals surface area contributed by atoms with E-state index in [-0.39, 0.29) is 5.91 Å². The van der Waals surface area contributed by atoms with E-state index in [2.05, 4.69) is 41.3 Å². The zero-order valence-electron chi connectivity index (χ0n) is 13.6. The number of aryl methyl sites for hydroxylation is 2. The highest BCUT2D eigenvalue weighted by Crippen LogP contribution is 2.18. The normalized spacial score (nSPS) is 18.0. The number of imidazole rings is 1. The molecule has 1 aromatic carbocycles. The van der Waals surface area contributed by atoms with Gasteiger partial charge in [0.25, 0.3) is 0 Å². The monoisotopic (exact) mass is 300 g/mol. The Morgan fingerprint density at radius 1 is 1.36 bits per heavy atom. The zero-order valence-corrected chi connectivity index (χ0v) is 13.6. The molecule has 22 heavy (non-hydrogen) atoms. The van der Waals surface area contributed by atoms with E-state index in [0.717, 1.165) is 36.4 Å². The molecule has 1 unspecified atom stereocenters. The van der Waals surface area contributed by atoms with Crippen LogP contribution in [0.1, 0.15) is 29.8 Å². The highest BCUT2D eigenvalue weighted by molar-refractivity contribution is 5.78. The molecule has 5 nitrogen and oxygen atoms in total. The summed E-state index contributed by atoms with van der Waals surface area (Å²) in [5.41, 5.74) is 4.50. The number of carbonyl (C=O) groups is 1. The predicted octanol–water partition coefficient (Wildman–Crippen LogP) is 2.14. The van der Waals surface area contributed by atoms with Gasteiger partial charge in [0, 0.05) is 13.5 Å². The van der Waals surface area contributed by atoms with Crippen LogP contribution < -0.4 is 5.32 Å². The van der Waals surface area contributed by atoms with Crippen LogP contribution in [0, 0.1) is 19.8 Å². The second-order valence-corrected chi connectivity index (χ2v) is 6.45. The first-order valence-electron chi connectivity index (χ1n) is 7.93. The van der Waals surface area contributed by atoms with Crippen molar-refractivity contribution in [3.05, 3.63) is 29.1 Å². The number of nitrogens with zero attached hydrogens (tertiary/aromatic N) is 2. The molecule has 0 radical (unpaired) electrons. The summed E-state index contributed by atoms with van der Waals surface area (Å²) in [5, 5.41) is 3.31. The molecule has 0 bridgehead atoms. The molecule has 1 aliphatic rings. The van der Waals surface area contributed by atoms with Gasteiger partial charge in [0.1, 0.15) is 5.82 Å². The third-order valence-corrected chi connectivity index (χ3v) is 4.58. The van der Waals surface area contributed by atoms with Gasteiger partial charge in [-0.2, -0.15) is 0 Å². The van der Waals surface area contributed by atoms with Crippen molar-refractivity contribution in [2.24, 2.45) is 5.92 Å². The van der Waals surface area contributed by atoms with Gasteiger partial charge in [0.05, 0.1) is 17.6 Å². The highest BCUT2D eigenvalue weighted by atomic mass is 16.2. The summed E-state index contributed by atoms with van der Waals surface area (Å²) in [4.78, 5) is 22.0. The predicted molar refractivity (Wildman–Crippen MR) is 87.6 cm³/mol. The minimum absolute atomic E-state index is 0.196. The van der Waals surface area contributed by atoms with Gasteiger partial charge in [0.15, 0.2) is 0 Å². The van der Waals surface area contributed by atoms with Crippen LogP contribution in [0.25, 0.3) is 11.0 Å². The quantitative estimate of drug-likeness (QED) is 0.909. The van der Waals surface area contributed by atoms with Gasteiger partial charge >= 0.3 is 0 Å². The summed E-state index contributed by atoms with van der Waals surface area (Å²) >= 11 is 0. The van der Waals surface area contributed by atoms with Gasteiger partial charge in [-0.15, -0.1) is 0 Å². The Labute approximate surface area is 131 Å². The molecular weight excluding hydrogens is 276 g/mol. The molecular formula is C17H24N4O. The molecule has 3 rings (SSSR count). The molecule has 1 aliphatic heterocycles. The van der Waals surface area contributed by atoms with Gasteiger partial charge in [0.2, 0.25) is 5.91 Å². The number of fused-ring (bicyclic) bond motifs is 1. The second-order valence-electron chi connectivity index (χ2n) is 6.45. The van der Waals surface area contributed by atoms with Crippen LogP contribution in [-0.2, 0) is 11.3 Å². The molecule has 2 N–H and O–H groups in total. The molecule has 0 aliphatic carbocycles. The number of amides is 1. The van der Waals surface area contributed by atoms with E-state index in [1.807, 2.05) is 7.05 Å². The van der Waals surface area contributed by atoms with Crippen molar-refractivity contribution in [1.82, 2.24) is 20.2 Å². The number of hydrogen-bond acceptors (Lipinski definition) is 3. The van der Waals surface area contributed by atoms with Crippen LogP contribution in [0.5, 0.6) is 0 Å². The maximum atomic E-state index is 12.3. The lowest BCUT2D eigenvalue weighted by Gasteiger charge is -2.17. The summed E-state index contributed by atoms with van der Waals surface area (Å²) < 4.78 is 0. The number of H-pyrrole nitrogens is 1. The Morgan fingerprint density at radius 3 is 2.86 bits per heavy atom. The van der Waals surface area contributed by atoms with E-state index >= 15 is 0 Å². The van der Waals surface area contributed by atoms with E-state index < -0.39 is 0 Å². The van der Waals surface area contributed by atoms with Crippen molar-refractivity contribution in [3.8, 4) is 0 Å². The fraction of sp³-hybridized carbons (Fsp3) is 0.529. The van der Waals surface area contributed by atoms with Crippen molar-refractivity contribution in [3.63, 3.8) is 0 Å². The topological polar surface area (TPSA) is 61.0 Å². The summed E-state index contributed by atoms with van der Waals surface area (Å²) in [7, 11) is 1.86. The SMILES string of the molecule is Cc1cc2nc(CN(C)C(=O)CC3CCNC3)[nH]c2cc1C. The Morgan fingerprint density at radius 2 is 2.14 bits per heavy atom. The van der Waals surface area contributed by atoms with E-state index in [9.17, 15) is 4.79 Å². The number of benzene rings is 1. The lowest BCUT2D eigenvalue weighted by molar-refractivity contribution is -0.131. The average molecular weight is 300 g/mol. The summed E-state index contributed by atoms with van der Waals surface area (Å²) in [6.45, 7) is 6.72. The Kier molecular flexibility index (Phi) is 4.16. The van der Waals surface area contributed by atoms with E-state index in [0.29, 0.717) is 18.9 Å². The van der Waals surface area contributed by atoms with E-state index in [1.54, 1.807) is 4.90 Å². The molecule has 1 atom stereocenters. The first kappa shape index (κ1) is 15.0. The number of carbonyl (C=O) groups excluding carboxylic acids is 1. The minimum atomic E-state index is 0.196. The standard InChI is InChI=1S/C17H24N4O/c1-11-6-14-15(7-12(11)2)20-16(19-14)10-21(3)17(22)8-13-4-5-18-9-13/h6-7,13,18H,4-5,8-10H2,1-3H3,(H,19,20). The summed E-state index contributed by atoms with van der Waals surface area (Å²) in [5.74, 6) is 1.53. The molecule has 1 saturated heterocycles. The lowest BCUT2D eigenvalue weighted by Crippen LogP contribution is -2.29. The van der Waals surface area contributed by atoms with Crippen LogP contribution >= 0.6 is 0 Å². The number of aromatic nitrogens is 2. The average Bonchev–Trinajstić information content (AvgIpc) is 3.09. The Bertz CT molecular complexity index is 646. The fourth-order valence-electron chi connectivity index (χ4n) is 3.00. The molecule has 2 aromatic rings. The van der Waals surface area contributed by atoms with Gasteiger partial charge in [-0.3, -0.25) is 4.79 Å². The minimum Gasteiger partial charge on any atom is -0.340 e. The first-order valence-corrected chi connectivity index (χ1v) is 7.93. The maximum Gasteiger partial charge on any atom is 0.223 e. The third kappa shape index (κ3) is 3.14. The zero-order chi connectivity index (χ0) is 15.7. The molecule has 1 aromatic heterocycles. The Hall–Kier alpha value is -1.88. The number of nitrogens with one attached hydrogen (secondary N) is 2. The molecule has 5 heteroatoms. The van der Waals surface area contributed by atoms with Crippen LogP contribution in [0.4, 0.5) is 0 Å². The summed E-state index contributed by atoms with van der Waals surface area (Å²) in [6, 6.07) is 4.21. The van der Waals surface area contributed by atoms with Crippen molar-refractivity contribution in [2.45, 2.75) is 33.2 Å². The number of aromatic amines is 1. The molecule has 118 valence electrons. The van der Waals surface area contributed by atoms with Crippen LogP contribution in [0.2, 0.25) is 0 Å². The largest absolute Gasteiger partial charge is 0.340 e. The summed E-state index contributed by atoms with van der Waals surface area (Å²) in [6.07, 6.45) is 1.73. The number of hydrogen-bond donors (Lipinski definition) is 2. The van der Waals surface area contributed by atoms with Gasteiger partial charge < -0.3 is 15.2 Å².